The number of nitrogens with two attached hydrogens (primary N) is 1. The van der Waals surface area contributed by atoms with Crippen molar-refractivity contribution < 1.29 is 5.11 Å². The Morgan fingerprint density at radius 1 is 1.56 bits per heavy atom. The Kier molecular flexibility index (Phi) is 3.82. The standard InChI is InChI=1S/C13H19N3OS/c1-16(9-13(17)5-2-3-6-13)11-8-15-7-4-10(11)12(14)18/h4,7-8,17H,2-3,5-6,9H2,1H3,(H2,14,18). The van der Waals surface area contributed by atoms with E-state index in [9.17, 15) is 5.11 Å². The van der Waals surface area contributed by atoms with E-state index in [1.165, 1.54) is 0 Å². The van der Waals surface area contributed by atoms with Gasteiger partial charge in [-0.1, -0.05) is 25.1 Å². The lowest BCUT2D eigenvalue weighted by atomic mass is 10.0. The fourth-order valence-electron chi connectivity index (χ4n) is 2.62. The Bertz CT molecular complexity index is 444. The van der Waals surface area contributed by atoms with Crippen LogP contribution in [0, 0.1) is 0 Å². The number of hydrogen-bond donors (Lipinski definition) is 2. The molecule has 0 amide bonds. The molecule has 0 radical (unpaired) electrons. The van der Waals surface area contributed by atoms with Gasteiger partial charge in [-0.2, -0.15) is 0 Å². The average Bonchev–Trinajstić information content (AvgIpc) is 2.75. The molecule has 18 heavy (non-hydrogen) atoms. The normalized spacial score (nSPS) is 17.7. The number of rotatable bonds is 4. The number of aromatic nitrogens is 1. The SMILES string of the molecule is CN(CC1(O)CCCC1)c1cnccc1C(N)=S. The van der Waals surface area contributed by atoms with E-state index >= 15 is 0 Å². The highest BCUT2D eigenvalue weighted by molar-refractivity contribution is 7.80. The first-order valence-electron chi connectivity index (χ1n) is 6.19. The van der Waals surface area contributed by atoms with Crippen LogP contribution in [0.25, 0.3) is 0 Å². The fourth-order valence-corrected chi connectivity index (χ4v) is 2.79. The van der Waals surface area contributed by atoms with Crippen LogP contribution in [0.5, 0.6) is 0 Å². The lowest BCUT2D eigenvalue weighted by Crippen LogP contribution is -2.40. The summed E-state index contributed by atoms with van der Waals surface area (Å²) in [6.45, 7) is 0.592. The maximum Gasteiger partial charge on any atom is 0.106 e. The average molecular weight is 265 g/mol. The summed E-state index contributed by atoms with van der Waals surface area (Å²) in [7, 11) is 1.94. The van der Waals surface area contributed by atoms with E-state index in [1.54, 1.807) is 12.4 Å². The van der Waals surface area contributed by atoms with Gasteiger partial charge in [0.2, 0.25) is 0 Å². The predicted octanol–water partition coefficient (Wildman–Crippen LogP) is 1.46. The van der Waals surface area contributed by atoms with Gasteiger partial charge >= 0.3 is 0 Å². The van der Waals surface area contributed by atoms with E-state index in [2.05, 4.69) is 4.98 Å². The van der Waals surface area contributed by atoms with Gasteiger partial charge in [-0.15, -0.1) is 0 Å². The third-order valence-corrected chi connectivity index (χ3v) is 3.76. The summed E-state index contributed by atoms with van der Waals surface area (Å²) in [5.41, 5.74) is 6.81. The second-order valence-electron chi connectivity index (χ2n) is 5.04. The molecule has 5 heteroatoms. The number of nitrogens with zero attached hydrogens (tertiary/aromatic N) is 2. The van der Waals surface area contributed by atoms with Gasteiger partial charge in [0.15, 0.2) is 0 Å². The van der Waals surface area contributed by atoms with Crippen LogP contribution in [0.4, 0.5) is 5.69 Å². The molecule has 0 bridgehead atoms. The van der Waals surface area contributed by atoms with E-state index in [1.807, 2.05) is 18.0 Å². The van der Waals surface area contributed by atoms with E-state index in [0.29, 0.717) is 11.5 Å². The van der Waals surface area contributed by atoms with Crippen LogP contribution in [0.1, 0.15) is 31.2 Å². The first kappa shape index (κ1) is 13.2. The van der Waals surface area contributed by atoms with Crippen molar-refractivity contribution in [3.8, 4) is 0 Å². The molecular weight excluding hydrogens is 246 g/mol. The Labute approximate surface area is 113 Å². The highest BCUT2D eigenvalue weighted by Gasteiger charge is 2.32. The van der Waals surface area contributed by atoms with E-state index < -0.39 is 5.60 Å². The van der Waals surface area contributed by atoms with Crippen molar-refractivity contribution in [2.75, 3.05) is 18.5 Å². The molecule has 0 saturated heterocycles. The molecule has 98 valence electrons. The van der Waals surface area contributed by atoms with Gasteiger partial charge in [0.25, 0.3) is 0 Å². The molecule has 0 spiro atoms. The number of anilines is 1. The van der Waals surface area contributed by atoms with Crippen LogP contribution >= 0.6 is 12.2 Å². The summed E-state index contributed by atoms with van der Waals surface area (Å²) in [4.78, 5) is 6.46. The Balaban J connectivity index is 2.18. The number of thiocarbonyl (C=S) groups is 1. The van der Waals surface area contributed by atoms with Crippen molar-refractivity contribution in [1.82, 2.24) is 4.98 Å². The lowest BCUT2D eigenvalue weighted by molar-refractivity contribution is 0.0559. The molecule has 1 fully saturated rings. The number of hydrogen-bond acceptors (Lipinski definition) is 4. The minimum absolute atomic E-state index is 0.359. The number of aliphatic hydroxyl groups is 1. The first-order valence-corrected chi connectivity index (χ1v) is 6.60. The molecule has 3 N–H and O–H groups in total. The molecule has 1 saturated carbocycles. The zero-order valence-corrected chi connectivity index (χ0v) is 11.4. The van der Waals surface area contributed by atoms with Crippen LogP contribution in [0.3, 0.4) is 0 Å². The van der Waals surface area contributed by atoms with Gasteiger partial charge in [-0.25, -0.2) is 0 Å². The minimum Gasteiger partial charge on any atom is -0.389 e. The second-order valence-corrected chi connectivity index (χ2v) is 5.48. The largest absolute Gasteiger partial charge is 0.389 e. The second kappa shape index (κ2) is 5.20. The molecule has 1 heterocycles. The van der Waals surface area contributed by atoms with Crippen LogP contribution in [-0.4, -0.2) is 34.3 Å². The molecule has 1 aromatic rings. The van der Waals surface area contributed by atoms with Crippen LogP contribution < -0.4 is 10.6 Å². The first-order chi connectivity index (χ1) is 8.52. The number of likely N-dealkylation sites (N-methyl/N-ethyl adjacent to an activating group) is 1. The third kappa shape index (κ3) is 2.79. The molecule has 0 aliphatic heterocycles. The van der Waals surface area contributed by atoms with E-state index in [4.69, 9.17) is 18.0 Å². The van der Waals surface area contributed by atoms with Crippen molar-refractivity contribution >= 4 is 22.9 Å². The smallest absolute Gasteiger partial charge is 0.106 e. The van der Waals surface area contributed by atoms with Crippen LogP contribution in [0.15, 0.2) is 18.5 Å². The monoisotopic (exact) mass is 265 g/mol. The van der Waals surface area contributed by atoms with E-state index in [-0.39, 0.29) is 0 Å². The maximum atomic E-state index is 10.4. The van der Waals surface area contributed by atoms with Gasteiger partial charge in [0, 0.05) is 25.4 Å². The number of pyridine rings is 1. The van der Waals surface area contributed by atoms with Crippen LogP contribution in [0.2, 0.25) is 0 Å². The predicted molar refractivity (Wildman–Crippen MR) is 76.8 cm³/mol. The topological polar surface area (TPSA) is 62.4 Å². The Morgan fingerprint density at radius 2 is 2.22 bits per heavy atom. The molecule has 1 aliphatic carbocycles. The van der Waals surface area contributed by atoms with Crippen molar-refractivity contribution in [3.05, 3.63) is 24.0 Å². The van der Waals surface area contributed by atoms with Crippen molar-refractivity contribution in [3.63, 3.8) is 0 Å². The van der Waals surface area contributed by atoms with E-state index in [0.717, 1.165) is 36.9 Å². The molecule has 2 rings (SSSR count). The molecule has 4 nitrogen and oxygen atoms in total. The summed E-state index contributed by atoms with van der Waals surface area (Å²) in [6, 6.07) is 1.81. The zero-order valence-electron chi connectivity index (χ0n) is 10.6. The van der Waals surface area contributed by atoms with Gasteiger partial charge < -0.3 is 15.7 Å². The quantitative estimate of drug-likeness (QED) is 0.807. The fraction of sp³-hybridized carbons (Fsp3) is 0.538. The third-order valence-electron chi connectivity index (χ3n) is 3.54. The molecule has 0 aromatic carbocycles. The minimum atomic E-state index is -0.585. The summed E-state index contributed by atoms with van der Waals surface area (Å²) >= 11 is 5.04. The van der Waals surface area contributed by atoms with Gasteiger partial charge in [-0.3, -0.25) is 4.98 Å². The van der Waals surface area contributed by atoms with Crippen molar-refractivity contribution in [2.45, 2.75) is 31.3 Å². The zero-order chi connectivity index (χ0) is 13.2. The molecule has 0 unspecified atom stereocenters. The maximum absolute atomic E-state index is 10.4. The van der Waals surface area contributed by atoms with Crippen molar-refractivity contribution in [2.24, 2.45) is 5.73 Å². The Morgan fingerprint density at radius 3 is 2.83 bits per heavy atom. The van der Waals surface area contributed by atoms with Gasteiger partial charge in [-0.05, 0) is 18.9 Å². The van der Waals surface area contributed by atoms with Gasteiger partial charge in [0.05, 0.1) is 17.5 Å². The summed E-state index contributed by atoms with van der Waals surface area (Å²) in [6.07, 6.45) is 7.34. The van der Waals surface area contributed by atoms with Crippen LogP contribution in [-0.2, 0) is 0 Å². The molecule has 1 aromatic heterocycles. The highest BCUT2D eigenvalue weighted by atomic mass is 32.1. The summed E-state index contributed by atoms with van der Waals surface area (Å²) in [5, 5.41) is 10.4. The highest BCUT2D eigenvalue weighted by Crippen LogP contribution is 2.31. The summed E-state index contributed by atoms with van der Waals surface area (Å²) in [5.74, 6) is 0. The molecular formula is C13H19N3OS. The van der Waals surface area contributed by atoms with Crippen molar-refractivity contribution in [1.29, 1.82) is 0 Å². The molecule has 0 atom stereocenters. The van der Waals surface area contributed by atoms with Gasteiger partial charge in [0.1, 0.15) is 4.99 Å². The Hall–Kier alpha value is -1.20. The molecule has 1 aliphatic rings. The summed E-state index contributed by atoms with van der Waals surface area (Å²) < 4.78 is 0. The lowest BCUT2D eigenvalue weighted by Gasteiger charge is -2.30.